The molecule has 0 saturated heterocycles. The average molecular weight is 231 g/mol. The van der Waals surface area contributed by atoms with Crippen molar-refractivity contribution in [3.05, 3.63) is 29.8 Å². The monoisotopic (exact) mass is 231 g/mol. The van der Waals surface area contributed by atoms with Gasteiger partial charge in [-0.2, -0.15) is 5.10 Å². The van der Waals surface area contributed by atoms with Crippen LogP contribution in [0.3, 0.4) is 0 Å². The number of nitrogens with two attached hydrogens (primary N) is 1. The van der Waals surface area contributed by atoms with E-state index in [2.05, 4.69) is 5.10 Å². The molecular weight excluding hydrogens is 218 g/mol. The van der Waals surface area contributed by atoms with Crippen LogP contribution in [-0.2, 0) is 7.05 Å². The molecule has 0 bridgehead atoms. The van der Waals surface area contributed by atoms with Gasteiger partial charge in [-0.1, -0.05) is 12.1 Å². The van der Waals surface area contributed by atoms with Crippen molar-refractivity contribution >= 4 is 12.1 Å². The van der Waals surface area contributed by atoms with E-state index in [0.717, 1.165) is 5.56 Å². The average Bonchev–Trinajstić information content (AvgIpc) is 2.65. The number of rotatable bonds is 3. The van der Waals surface area contributed by atoms with Crippen LogP contribution in [0.4, 0.5) is 5.82 Å². The molecule has 1 heterocycles. The summed E-state index contributed by atoms with van der Waals surface area (Å²) in [5.74, 6) is 1.01. The quantitative estimate of drug-likeness (QED) is 0.812. The second-order valence-corrected chi connectivity index (χ2v) is 3.59. The minimum absolute atomic E-state index is 0.348. The van der Waals surface area contributed by atoms with Crippen molar-refractivity contribution in [2.45, 2.75) is 0 Å². The normalized spacial score (nSPS) is 10.2. The maximum atomic E-state index is 11.1. The molecule has 2 aromatic rings. The van der Waals surface area contributed by atoms with E-state index in [4.69, 9.17) is 10.5 Å². The Morgan fingerprint density at radius 3 is 2.76 bits per heavy atom. The molecule has 1 aromatic carbocycles. The summed E-state index contributed by atoms with van der Waals surface area (Å²) in [6, 6.07) is 7.37. The third-order valence-corrected chi connectivity index (χ3v) is 2.61. The van der Waals surface area contributed by atoms with E-state index in [1.54, 1.807) is 14.2 Å². The first-order chi connectivity index (χ1) is 8.19. The summed E-state index contributed by atoms with van der Waals surface area (Å²) in [7, 11) is 3.27. The number of hydrogen-bond donors (Lipinski definition) is 1. The molecule has 0 amide bonds. The van der Waals surface area contributed by atoms with Crippen LogP contribution in [0.25, 0.3) is 11.3 Å². The smallest absolute Gasteiger partial charge is 0.156 e. The first-order valence-corrected chi connectivity index (χ1v) is 5.10. The van der Waals surface area contributed by atoms with Crippen molar-refractivity contribution in [3.63, 3.8) is 0 Å². The summed E-state index contributed by atoms with van der Waals surface area (Å²) in [6.45, 7) is 0. The number of ether oxygens (including phenoxy) is 1. The minimum Gasteiger partial charge on any atom is -0.496 e. The van der Waals surface area contributed by atoms with Crippen LogP contribution in [0.5, 0.6) is 5.75 Å². The highest BCUT2D eigenvalue weighted by atomic mass is 16.5. The van der Waals surface area contributed by atoms with E-state index >= 15 is 0 Å². The third-order valence-electron chi connectivity index (χ3n) is 2.61. The number of anilines is 1. The highest BCUT2D eigenvalue weighted by Crippen LogP contribution is 2.32. The number of nitrogen functional groups attached to an aromatic ring is 1. The lowest BCUT2D eigenvalue weighted by molar-refractivity contribution is 0.112. The van der Waals surface area contributed by atoms with Crippen LogP contribution < -0.4 is 10.5 Å². The molecule has 0 radical (unpaired) electrons. The molecule has 0 aliphatic heterocycles. The van der Waals surface area contributed by atoms with Gasteiger partial charge in [-0.25, -0.2) is 0 Å². The van der Waals surface area contributed by atoms with E-state index in [0.29, 0.717) is 29.1 Å². The molecule has 0 atom stereocenters. The zero-order valence-electron chi connectivity index (χ0n) is 9.68. The maximum absolute atomic E-state index is 11.1. The summed E-state index contributed by atoms with van der Waals surface area (Å²) in [5.41, 5.74) is 7.45. The lowest BCUT2D eigenvalue weighted by Gasteiger charge is -2.05. The molecule has 0 saturated carbocycles. The summed E-state index contributed by atoms with van der Waals surface area (Å²) >= 11 is 0. The Kier molecular flexibility index (Phi) is 2.82. The molecule has 17 heavy (non-hydrogen) atoms. The van der Waals surface area contributed by atoms with Gasteiger partial charge in [-0.15, -0.1) is 0 Å². The molecule has 0 aliphatic carbocycles. The van der Waals surface area contributed by atoms with Crippen LogP contribution >= 0.6 is 0 Å². The van der Waals surface area contributed by atoms with E-state index in [-0.39, 0.29) is 0 Å². The molecular formula is C12H13N3O2. The number of para-hydroxylation sites is 1. The standard InChI is InChI=1S/C12H13N3O2/c1-15-12(13)9(7-16)11(14-15)8-5-3-4-6-10(8)17-2/h3-7H,13H2,1-2H3. The fraction of sp³-hybridized carbons (Fsp3) is 0.167. The molecule has 5 heteroatoms. The number of aldehydes is 1. The van der Waals surface area contributed by atoms with Gasteiger partial charge in [0, 0.05) is 12.6 Å². The van der Waals surface area contributed by atoms with Crippen molar-refractivity contribution in [2.24, 2.45) is 7.05 Å². The molecule has 2 N–H and O–H groups in total. The van der Waals surface area contributed by atoms with Gasteiger partial charge in [0.2, 0.25) is 0 Å². The first kappa shape index (κ1) is 11.2. The number of hydrogen-bond acceptors (Lipinski definition) is 4. The third kappa shape index (κ3) is 1.75. The second-order valence-electron chi connectivity index (χ2n) is 3.59. The molecule has 0 aliphatic rings. The Balaban J connectivity index is 2.68. The van der Waals surface area contributed by atoms with Crippen LogP contribution in [0.1, 0.15) is 10.4 Å². The van der Waals surface area contributed by atoms with Crippen molar-refractivity contribution in [1.29, 1.82) is 0 Å². The lowest BCUT2D eigenvalue weighted by atomic mass is 10.1. The molecule has 88 valence electrons. The van der Waals surface area contributed by atoms with E-state index in [9.17, 15) is 4.79 Å². The zero-order valence-corrected chi connectivity index (χ0v) is 9.68. The number of methoxy groups -OCH3 is 1. The minimum atomic E-state index is 0.348. The van der Waals surface area contributed by atoms with E-state index in [1.165, 1.54) is 4.68 Å². The van der Waals surface area contributed by atoms with Gasteiger partial charge in [-0.3, -0.25) is 9.48 Å². The van der Waals surface area contributed by atoms with Crippen molar-refractivity contribution in [2.75, 3.05) is 12.8 Å². The SMILES string of the molecule is COc1ccccc1-c1nn(C)c(N)c1C=O. The molecule has 0 unspecified atom stereocenters. The van der Waals surface area contributed by atoms with Gasteiger partial charge in [0.15, 0.2) is 6.29 Å². The number of carbonyl (C=O) groups excluding carboxylic acids is 1. The Morgan fingerprint density at radius 2 is 2.12 bits per heavy atom. The Labute approximate surface area is 98.8 Å². The predicted molar refractivity (Wildman–Crippen MR) is 65.0 cm³/mol. The van der Waals surface area contributed by atoms with Gasteiger partial charge >= 0.3 is 0 Å². The van der Waals surface area contributed by atoms with Crippen molar-refractivity contribution in [1.82, 2.24) is 9.78 Å². The van der Waals surface area contributed by atoms with Crippen molar-refractivity contribution < 1.29 is 9.53 Å². The zero-order chi connectivity index (χ0) is 12.4. The molecule has 5 nitrogen and oxygen atoms in total. The Hall–Kier alpha value is -2.30. The number of benzene rings is 1. The number of nitrogens with zero attached hydrogens (tertiary/aromatic N) is 2. The van der Waals surface area contributed by atoms with Gasteiger partial charge in [0.05, 0.1) is 12.7 Å². The number of aryl methyl sites for hydroxylation is 1. The van der Waals surface area contributed by atoms with Crippen LogP contribution in [0.2, 0.25) is 0 Å². The Bertz CT molecular complexity index is 561. The van der Waals surface area contributed by atoms with Crippen LogP contribution in [0, 0.1) is 0 Å². The van der Waals surface area contributed by atoms with Gasteiger partial charge in [0.1, 0.15) is 17.3 Å². The maximum Gasteiger partial charge on any atom is 0.156 e. The summed E-state index contributed by atoms with van der Waals surface area (Å²) in [4.78, 5) is 11.1. The number of aromatic nitrogens is 2. The number of carbonyl (C=O) groups is 1. The predicted octanol–water partition coefficient (Wildman–Crippen LogP) is 1.49. The fourth-order valence-electron chi connectivity index (χ4n) is 1.71. The van der Waals surface area contributed by atoms with Crippen molar-refractivity contribution in [3.8, 4) is 17.0 Å². The Morgan fingerprint density at radius 1 is 1.41 bits per heavy atom. The molecule has 2 rings (SSSR count). The molecule has 0 fully saturated rings. The van der Waals surface area contributed by atoms with Crippen LogP contribution in [0.15, 0.2) is 24.3 Å². The molecule has 0 spiro atoms. The highest BCUT2D eigenvalue weighted by Gasteiger charge is 2.17. The van der Waals surface area contributed by atoms with Gasteiger partial charge in [-0.05, 0) is 12.1 Å². The highest BCUT2D eigenvalue weighted by molar-refractivity contribution is 5.92. The largest absolute Gasteiger partial charge is 0.496 e. The second kappa shape index (κ2) is 4.29. The fourth-order valence-corrected chi connectivity index (χ4v) is 1.71. The first-order valence-electron chi connectivity index (χ1n) is 5.10. The topological polar surface area (TPSA) is 70.1 Å². The summed E-state index contributed by atoms with van der Waals surface area (Å²) in [5, 5.41) is 4.24. The van der Waals surface area contributed by atoms with Gasteiger partial charge in [0.25, 0.3) is 0 Å². The summed E-state index contributed by atoms with van der Waals surface area (Å²) < 4.78 is 6.72. The van der Waals surface area contributed by atoms with Crippen LogP contribution in [-0.4, -0.2) is 23.2 Å². The molecule has 1 aromatic heterocycles. The summed E-state index contributed by atoms with van der Waals surface area (Å²) in [6.07, 6.45) is 0.712. The van der Waals surface area contributed by atoms with Gasteiger partial charge < -0.3 is 10.5 Å². The van der Waals surface area contributed by atoms with E-state index in [1.807, 2.05) is 24.3 Å². The lowest BCUT2D eigenvalue weighted by Crippen LogP contribution is -1.98. The van der Waals surface area contributed by atoms with E-state index < -0.39 is 0 Å².